The quantitative estimate of drug-likeness (QED) is 0.689. The zero-order valence-electron chi connectivity index (χ0n) is 16.7. The molecule has 2 aromatic heterocycles. The van der Waals surface area contributed by atoms with E-state index >= 15 is 0 Å². The zero-order chi connectivity index (χ0) is 22.6. The number of aryl methyl sites for hydroxylation is 1. The van der Waals surface area contributed by atoms with E-state index in [4.69, 9.17) is 14.6 Å². The lowest BCUT2D eigenvalue weighted by Gasteiger charge is -2.19. The molecule has 4 rings (SSSR count). The van der Waals surface area contributed by atoms with Gasteiger partial charge in [-0.05, 0) is 35.4 Å². The fraction of sp³-hybridized carbons (Fsp3) is 0.500. The molecule has 11 heteroatoms. The number of ether oxygens (including phenoxy) is 1. The highest BCUT2D eigenvalue weighted by Crippen LogP contribution is 2.34. The molecule has 170 valence electrons. The molecule has 2 aliphatic rings. The normalized spacial score (nSPS) is 23.2. The van der Waals surface area contributed by atoms with Gasteiger partial charge in [-0.1, -0.05) is 0 Å². The van der Waals surface area contributed by atoms with Crippen LogP contribution < -0.4 is 5.32 Å². The van der Waals surface area contributed by atoms with E-state index in [0.717, 1.165) is 31.8 Å². The summed E-state index contributed by atoms with van der Waals surface area (Å²) in [6.07, 6.45) is -4.76. The van der Waals surface area contributed by atoms with Gasteiger partial charge in [-0.25, -0.2) is 4.79 Å². The summed E-state index contributed by atoms with van der Waals surface area (Å²) >= 11 is 3.39. The van der Waals surface area contributed by atoms with Gasteiger partial charge in [-0.2, -0.15) is 24.5 Å². The van der Waals surface area contributed by atoms with E-state index in [2.05, 4.69) is 28.6 Å². The Balaban J connectivity index is 0.000000339. The summed E-state index contributed by atoms with van der Waals surface area (Å²) in [6, 6.07) is 4.06. The number of aliphatic carboxylic acids is 1. The molecule has 3 atom stereocenters. The average Bonchev–Trinajstić information content (AvgIpc) is 3.46. The maximum atomic E-state index is 12.1. The van der Waals surface area contributed by atoms with E-state index in [0.29, 0.717) is 24.5 Å². The van der Waals surface area contributed by atoms with Crippen LogP contribution in [0, 0.1) is 18.8 Å². The lowest BCUT2D eigenvalue weighted by Crippen LogP contribution is -2.34. The summed E-state index contributed by atoms with van der Waals surface area (Å²) in [5.74, 6) is -1.77. The van der Waals surface area contributed by atoms with Gasteiger partial charge in [0.2, 0.25) is 0 Å². The zero-order valence-corrected chi connectivity index (χ0v) is 18.4. The summed E-state index contributed by atoms with van der Waals surface area (Å²) in [5.41, 5.74) is 2.15. The molecule has 0 aliphatic carbocycles. The minimum absolute atomic E-state index is 0.0313. The number of hydrogen-bond donors (Lipinski definition) is 2. The highest BCUT2D eigenvalue weighted by Gasteiger charge is 2.43. The molecule has 2 aromatic rings. The number of rotatable bonds is 5. The van der Waals surface area contributed by atoms with Gasteiger partial charge in [0.05, 0.1) is 12.7 Å². The number of likely N-dealkylation sites (tertiary alicyclic amines) is 1. The molecule has 2 aliphatic heterocycles. The second kappa shape index (κ2) is 10.1. The summed E-state index contributed by atoms with van der Waals surface area (Å²) in [4.78, 5) is 25.0. The highest BCUT2D eigenvalue weighted by atomic mass is 32.1. The first-order chi connectivity index (χ1) is 14.6. The molecule has 0 unspecified atom stereocenters. The van der Waals surface area contributed by atoms with Crippen LogP contribution in [-0.2, 0) is 16.1 Å². The van der Waals surface area contributed by atoms with Crippen molar-refractivity contribution in [1.82, 2.24) is 10.2 Å². The number of carboxylic acids is 1. The number of carboxylic acid groups (broad SMARTS) is 1. The van der Waals surface area contributed by atoms with Crippen molar-refractivity contribution in [2.45, 2.75) is 25.7 Å². The molecule has 0 spiro atoms. The summed E-state index contributed by atoms with van der Waals surface area (Å²) in [7, 11) is 0. The van der Waals surface area contributed by atoms with E-state index in [-0.39, 0.29) is 5.91 Å². The van der Waals surface area contributed by atoms with E-state index in [9.17, 15) is 18.0 Å². The molecule has 1 amide bonds. The van der Waals surface area contributed by atoms with Gasteiger partial charge < -0.3 is 15.2 Å². The number of fused-ring (bicyclic) bond motifs is 1. The largest absolute Gasteiger partial charge is 0.490 e. The Labute approximate surface area is 185 Å². The van der Waals surface area contributed by atoms with Crippen molar-refractivity contribution in [2.75, 3.05) is 26.2 Å². The summed E-state index contributed by atoms with van der Waals surface area (Å²) in [6.45, 7) is 6.76. The number of nitrogens with zero attached hydrogens (tertiary/aromatic N) is 1. The fourth-order valence-electron chi connectivity index (χ4n) is 3.71. The Morgan fingerprint density at radius 2 is 2.03 bits per heavy atom. The predicted octanol–water partition coefficient (Wildman–Crippen LogP) is 3.63. The van der Waals surface area contributed by atoms with Crippen LogP contribution in [-0.4, -0.2) is 60.4 Å². The van der Waals surface area contributed by atoms with Gasteiger partial charge in [-0.15, -0.1) is 11.3 Å². The minimum atomic E-state index is -5.08. The van der Waals surface area contributed by atoms with Gasteiger partial charge in [0.15, 0.2) is 0 Å². The van der Waals surface area contributed by atoms with Gasteiger partial charge in [0.25, 0.3) is 5.91 Å². The van der Waals surface area contributed by atoms with Gasteiger partial charge in [-0.3, -0.25) is 9.69 Å². The fourth-order valence-corrected chi connectivity index (χ4v) is 5.29. The van der Waals surface area contributed by atoms with Crippen LogP contribution >= 0.6 is 22.7 Å². The first-order valence-electron chi connectivity index (χ1n) is 9.62. The summed E-state index contributed by atoms with van der Waals surface area (Å²) in [5, 5.41) is 16.2. The SMILES string of the molecule is Cc1ccsc1CN1C[C@@H]2[C@@H](CNC(=O)c3ccsc3)CO[C@@H]2C1.O=C(O)C(F)(F)F. The monoisotopic (exact) mass is 476 g/mol. The van der Waals surface area contributed by atoms with Crippen molar-refractivity contribution in [1.29, 1.82) is 0 Å². The molecule has 31 heavy (non-hydrogen) atoms. The van der Waals surface area contributed by atoms with E-state index in [1.807, 2.05) is 28.2 Å². The number of carbonyl (C=O) groups is 2. The predicted molar refractivity (Wildman–Crippen MR) is 111 cm³/mol. The maximum absolute atomic E-state index is 12.1. The Hall–Kier alpha value is -1.95. The highest BCUT2D eigenvalue weighted by molar-refractivity contribution is 7.10. The smallest absolute Gasteiger partial charge is 0.475 e. The van der Waals surface area contributed by atoms with Crippen molar-refractivity contribution in [3.05, 3.63) is 44.3 Å². The lowest BCUT2D eigenvalue weighted by molar-refractivity contribution is -0.192. The molecule has 0 saturated carbocycles. The van der Waals surface area contributed by atoms with Crippen LogP contribution in [0.25, 0.3) is 0 Å². The van der Waals surface area contributed by atoms with Crippen molar-refractivity contribution >= 4 is 34.6 Å². The van der Waals surface area contributed by atoms with E-state index in [1.54, 1.807) is 11.3 Å². The van der Waals surface area contributed by atoms with E-state index < -0.39 is 12.1 Å². The second-order valence-corrected chi connectivity index (χ2v) is 9.32. The molecular weight excluding hydrogens is 453 g/mol. The molecule has 2 saturated heterocycles. The molecule has 0 bridgehead atoms. The number of halogens is 3. The Kier molecular flexibility index (Phi) is 7.73. The van der Waals surface area contributed by atoms with Crippen LogP contribution in [0.15, 0.2) is 28.3 Å². The van der Waals surface area contributed by atoms with Crippen LogP contribution in [0.1, 0.15) is 20.8 Å². The first-order valence-corrected chi connectivity index (χ1v) is 11.4. The van der Waals surface area contributed by atoms with Crippen LogP contribution in [0.3, 0.4) is 0 Å². The number of alkyl halides is 3. The topological polar surface area (TPSA) is 78.9 Å². The molecule has 6 nitrogen and oxygen atoms in total. The van der Waals surface area contributed by atoms with Crippen molar-refractivity contribution < 1.29 is 32.6 Å². The number of hydrogen-bond acceptors (Lipinski definition) is 6. The minimum Gasteiger partial charge on any atom is -0.475 e. The van der Waals surface area contributed by atoms with Gasteiger partial charge >= 0.3 is 12.1 Å². The number of thiophene rings is 2. The molecule has 2 fully saturated rings. The molecule has 0 radical (unpaired) electrons. The molecule has 0 aromatic carbocycles. The van der Waals surface area contributed by atoms with Gasteiger partial charge in [0, 0.05) is 53.8 Å². The van der Waals surface area contributed by atoms with E-state index in [1.165, 1.54) is 10.4 Å². The molecule has 4 heterocycles. The molecule has 2 N–H and O–H groups in total. The maximum Gasteiger partial charge on any atom is 0.490 e. The number of amides is 1. The average molecular weight is 477 g/mol. The summed E-state index contributed by atoms with van der Waals surface area (Å²) < 4.78 is 37.7. The van der Waals surface area contributed by atoms with Crippen LogP contribution in [0.4, 0.5) is 13.2 Å². The van der Waals surface area contributed by atoms with Crippen LogP contribution in [0.2, 0.25) is 0 Å². The standard InChI is InChI=1S/C18H22N2O2S2.C2HF3O2/c1-12-2-5-24-17(12)9-20-7-15-14(10-22-16(15)8-20)6-19-18(21)13-3-4-23-11-13;3-2(4,5)1(6)7/h2-5,11,14-16H,6-10H2,1H3,(H,19,21);(H,6,7)/t14-,15+,16+;/m0./s1. The van der Waals surface area contributed by atoms with Gasteiger partial charge in [0.1, 0.15) is 0 Å². The van der Waals surface area contributed by atoms with Crippen molar-refractivity contribution in [2.24, 2.45) is 11.8 Å². The first kappa shape index (κ1) is 23.7. The van der Waals surface area contributed by atoms with Crippen molar-refractivity contribution in [3.63, 3.8) is 0 Å². The van der Waals surface area contributed by atoms with Crippen LogP contribution in [0.5, 0.6) is 0 Å². The Morgan fingerprint density at radius 1 is 1.29 bits per heavy atom. The number of nitrogens with one attached hydrogen (secondary N) is 1. The molecular formula is C20H23F3N2O4S2. The third-order valence-corrected chi connectivity index (χ3v) is 7.09. The Morgan fingerprint density at radius 3 is 2.61 bits per heavy atom. The third kappa shape index (κ3) is 6.28. The lowest BCUT2D eigenvalue weighted by atomic mass is 9.93. The Bertz CT molecular complexity index is 885. The van der Waals surface area contributed by atoms with Crippen molar-refractivity contribution in [3.8, 4) is 0 Å². The second-order valence-electron chi connectivity index (χ2n) is 7.54. The number of carbonyl (C=O) groups excluding carboxylic acids is 1. The third-order valence-electron chi connectivity index (χ3n) is 5.40.